The third kappa shape index (κ3) is 3.09. The summed E-state index contributed by atoms with van der Waals surface area (Å²) in [6.45, 7) is 0. The molecule has 1 aliphatic carbocycles. The van der Waals surface area contributed by atoms with Crippen LogP contribution in [0, 0.1) is 5.92 Å². The first kappa shape index (κ1) is 12.1. The molecule has 4 nitrogen and oxygen atoms in total. The molecule has 0 aromatic carbocycles. The molecule has 7 heteroatoms. The van der Waals surface area contributed by atoms with Crippen LogP contribution in [0.15, 0.2) is 21.9 Å². The maximum atomic E-state index is 11.8. The van der Waals surface area contributed by atoms with Crippen LogP contribution in [0.25, 0.3) is 0 Å². The number of carbonyl (C=O) groups excluding carboxylic acids is 1. The Labute approximate surface area is 117 Å². The summed E-state index contributed by atoms with van der Waals surface area (Å²) in [6, 6.07) is 3.65. The fourth-order valence-corrected chi connectivity index (χ4v) is 3.94. The smallest absolute Gasteiger partial charge is 0.267 e. The van der Waals surface area contributed by atoms with Gasteiger partial charge < -0.3 is 0 Å². The molecule has 0 spiro atoms. The van der Waals surface area contributed by atoms with Crippen LogP contribution in [-0.4, -0.2) is 21.9 Å². The van der Waals surface area contributed by atoms with E-state index in [1.807, 2.05) is 11.4 Å². The maximum absolute atomic E-state index is 11.8. The largest absolute Gasteiger partial charge is 0.296 e. The summed E-state index contributed by atoms with van der Waals surface area (Å²) in [5, 5.41) is 13.3. The van der Waals surface area contributed by atoms with Crippen molar-refractivity contribution in [2.24, 2.45) is 5.92 Å². The number of thiophene rings is 1. The molecule has 1 aliphatic rings. The van der Waals surface area contributed by atoms with Gasteiger partial charge in [-0.05, 0) is 30.2 Å². The van der Waals surface area contributed by atoms with Gasteiger partial charge in [0, 0.05) is 5.75 Å². The van der Waals surface area contributed by atoms with Gasteiger partial charge in [0.1, 0.15) is 0 Å². The Morgan fingerprint density at radius 3 is 3.11 bits per heavy atom. The molecule has 0 aliphatic heterocycles. The second kappa shape index (κ2) is 5.38. The highest BCUT2D eigenvalue weighted by molar-refractivity contribution is 8.01. The zero-order valence-corrected chi connectivity index (χ0v) is 11.9. The highest BCUT2D eigenvalue weighted by Crippen LogP contribution is 2.36. The van der Waals surface area contributed by atoms with Gasteiger partial charge in [0.05, 0.1) is 4.88 Å². The first-order valence-electron chi connectivity index (χ1n) is 5.62. The number of hydrogen-bond donors (Lipinski definition) is 1. The van der Waals surface area contributed by atoms with Crippen molar-refractivity contribution in [1.82, 2.24) is 10.2 Å². The van der Waals surface area contributed by atoms with E-state index in [2.05, 4.69) is 15.5 Å². The summed E-state index contributed by atoms with van der Waals surface area (Å²) in [4.78, 5) is 12.5. The molecule has 0 saturated heterocycles. The van der Waals surface area contributed by atoms with Crippen LogP contribution >= 0.6 is 34.4 Å². The van der Waals surface area contributed by atoms with E-state index in [0.717, 1.165) is 16.0 Å². The Morgan fingerprint density at radius 2 is 2.39 bits per heavy atom. The van der Waals surface area contributed by atoms with Crippen molar-refractivity contribution in [3.05, 3.63) is 22.4 Å². The molecule has 2 heterocycles. The van der Waals surface area contributed by atoms with Crippen molar-refractivity contribution >= 4 is 45.5 Å². The van der Waals surface area contributed by atoms with Gasteiger partial charge in [-0.2, -0.15) is 0 Å². The molecule has 1 N–H and O–H groups in total. The van der Waals surface area contributed by atoms with Crippen LogP contribution < -0.4 is 5.32 Å². The average molecular weight is 297 g/mol. The highest BCUT2D eigenvalue weighted by atomic mass is 32.2. The van der Waals surface area contributed by atoms with Gasteiger partial charge in [0.15, 0.2) is 4.34 Å². The van der Waals surface area contributed by atoms with Crippen LogP contribution in [0.1, 0.15) is 22.5 Å². The predicted molar refractivity (Wildman–Crippen MR) is 75.6 cm³/mol. The van der Waals surface area contributed by atoms with E-state index in [1.165, 1.54) is 35.5 Å². The summed E-state index contributed by atoms with van der Waals surface area (Å²) >= 11 is 4.59. The number of hydrogen-bond acceptors (Lipinski definition) is 6. The van der Waals surface area contributed by atoms with Gasteiger partial charge in [-0.3, -0.25) is 10.1 Å². The lowest BCUT2D eigenvalue weighted by molar-refractivity contribution is 0.103. The minimum Gasteiger partial charge on any atom is -0.296 e. The summed E-state index contributed by atoms with van der Waals surface area (Å²) in [5.41, 5.74) is 0. The lowest BCUT2D eigenvalue weighted by Gasteiger charge is -1.96. The van der Waals surface area contributed by atoms with Gasteiger partial charge in [-0.15, -0.1) is 21.5 Å². The summed E-state index contributed by atoms with van der Waals surface area (Å²) in [5.74, 6) is 1.87. The normalized spacial score (nSPS) is 14.7. The molecule has 1 fully saturated rings. The van der Waals surface area contributed by atoms with E-state index in [-0.39, 0.29) is 5.91 Å². The Hall–Kier alpha value is -0.920. The van der Waals surface area contributed by atoms with Crippen molar-refractivity contribution in [3.63, 3.8) is 0 Å². The van der Waals surface area contributed by atoms with Crippen LogP contribution in [-0.2, 0) is 0 Å². The Balaban J connectivity index is 1.57. The van der Waals surface area contributed by atoms with Crippen molar-refractivity contribution in [2.75, 3.05) is 11.1 Å². The van der Waals surface area contributed by atoms with Crippen molar-refractivity contribution in [3.8, 4) is 0 Å². The lowest BCUT2D eigenvalue weighted by atomic mass is 10.4. The minimum absolute atomic E-state index is 0.111. The standard InChI is InChI=1S/C11H11N3OS3/c15-9(8-2-1-5-16-8)12-10-13-14-11(18-10)17-6-7-3-4-7/h1-2,5,7H,3-4,6H2,(H,12,13,15). The van der Waals surface area contributed by atoms with E-state index in [9.17, 15) is 4.79 Å². The first-order chi connectivity index (χ1) is 8.81. The van der Waals surface area contributed by atoms with E-state index >= 15 is 0 Å². The molecular weight excluding hydrogens is 286 g/mol. The first-order valence-corrected chi connectivity index (χ1v) is 8.30. The van der Waals surface area contributed by atoms with Gasteiger partial charge in [-0.25, -0.2) is 0 Å². The molecule has 1 saturated carbocycles. The second-order valence-corrected chi connectivity index (χ2v) is 7.25. The third-order valence-electron chi connectivity index (χ3n) is 2.51. The van der Waals surface area contributed by atoms with E-state index in [4.69, 9.17) is 0 Å². The molecule has 3 rings (SSSR count). The summed E-state index contributed by atoms with van der Waals surface area (Å²) < 4.78 is 0.934. The van der Waals surface area contributed by atoms with Crippen molar-refractivity contribution in [2.45, 2.75) is 17.2 Å². The van der Waals surface area contributed by atoms with Crippen molar-refractivity contribution < 1.29 is 4.79 Å². The van der Waals surface area contributed by atoms with Crippen LogP contribution in [0.3, 0.4) is 0 Å². The van der Waals surface area contributed by atoms with E-state index < -0.39 is 0 Å². The molecule has 0 bridgehead atoms. The molecule has 0 unspecified atom stereocenters. The van der Waals surface area contributed by atoms with Crippen LogP contribution in [0.5, 0.6) is 0 Å². The van der Waals surface area contributed by atoms with Gasteiger partial charge in [0.25, 0.3) is 5.91 Å². The lowest BCUT2D eigenvalue weighted by Crippen LogP contribution is -2.09. The maximum Gasteiger partial charge on any atom is 0.267 e. The zero-order valence-electron chi connectivity index (χ0n) is 9.46. The molecular formula is C11H11N3OS3. The summed E-state index contributed by atoms with van der Waals surface area (Å²) in [6.07, 6.45) is 2.68. The second-order valence-electron chi connectivity index (χ2n) is 4.06. The minimum atomic E-state index is -0.111. The van der Waals surface area contributed by atoms with Crippen LogP contribution in [0.2, 0.25) is 0 Å². The number of carbonyl (C=O) groups is 1. The van der Waals surface area contributed by atoms with Crippen LogP contribution in [0.4, 0.5) is 5.13 Å². The fourth-order valence-electron chi connectivity index (χ4n) is 1.36. The molecule has 0 atom stereocenters. The third-order valence-corrected chi connectivity index (χ3v) is 5.58. The Morgan fingerprint density at radius 1 is 1.50 bits per heavy atom. The Kier molecular flexibility index (Phi) is 3.62. The number of anilines is 1. The zero-order chi connectivity index (χ0) is 12.4. The quantitative estimate of drug-likeness (QED) is 0.679. The van der Waals surface area contributed by atoms with E-state index in [0.29, 0.717) is 10.0 Å². The number of aromatic nitrogens is 2. The molecule has 18 heavy (non-hydrogen) atoms. The topological polar surface area (TPSA) is 54.9 Å². The van der Waals surface area contributed by atoms with Gasteiger partial charge in [-0.1, -0.05) is 29.2 Å². The molecule has 2 aromatic heterocycles. The summed E-state index contributed by atoms with van der Waals surface area (Å²) in [7, 11) is 0. The van der Waals surface area contributed by atoms with Crippen molar-refractivity contribution in [1.29, 1.82) is 0 Å². The average Bonchev–Trinajstić information content (AvgIpc) is 2.88. The number of nitrogens with one attached hydrogen (secondary N) is 1. The molecule has 1 amide bonds. The highest BCUT2D eigenvalue weighted by Gasteiger charge is 2.22. The number of amides is 1. The Bertz CT molecular complexity index is 533. The molecule has 0 radical (unpaired) electrons. The number of rotatable bonds is 5. The van der Waals surface area contributed by atoms with Gasteiger partial charge in [0.2, 0.25) is 5.13 Å². The fraction of sp³-hybridized carbons (Fsp3) is 0.364. The SMILES string of the molecule is O=C(Nc1nnc(SCC2CC2)s1)c1cccs1. The number of nitrogens with zero attached hydrogens (tertiary/aromatic N) is 2. The number of thioether (sulfide) groups is 1. The van der Waals surface area contributed by atoms with Gasteiger partial charge >= 0.3 is 0 Å². The molecule has 94 valence electrons. The molecule has 2 aromatic rings. The van der Waals surface area contributed by atoms with E-state index in [1.54, 1.807) is 17.8 Å². The monoisotopic (exact) mass is 297 g/mol. The predicted octanol–water partition coefficient (Wildman–Crippen LogP) is 3.35.